The van der Waals surface area contributed by atoms with Crippen LogP contribution < -0.4 is 10.6 Å². The second-order valence-electron chi connectivity index (χ2n) is 5.48. The molecule has 0 aliphatic carbocycles. The predicted molar refractivity (Wildman–Crippen MR) is 106 cm³/mol. The average Bonchev–Trinajstić information content (AvgIpc) is 2.36. The minimum Gasteiger partial charge on any atom is -0.357 e. The lowest BCUT2D eigenvalue weighted by Crippen LogP contribution is -2.42. The number of thioether (sulfide) groups is 1. The standard InChI is InChI=1S/C15H33N3S.HI/c1-6-16-15(17-11-7-8-12-19-5)18-14(4)10-9-13(2)3;/h13-14H,6-12H2,1-5H3,(H2,16,17,18);1H. The van der Waals surface area contributed by atoms with Crippen LogP contribution in [0, 0.1) is 5.92 Å². The molecule has 3 nitrogen and oxygen atoms in total. The van der Waals surface area contributed by atoms with Crippen LogP contribution in [0.5, 0.6) is 0 Å². The number of rotatable bonds is 10. The summed E-state index contributed by atoms with van der Waals surface area (Å²) in [5.74, 6) is 2.99. The summed E-state index contributed by atoms with van der Waals surface area (Å²) in [7, 11) is 0. The molecule has 0 rings (SSSR count). The van der Waals surface area contributed by atoms with E-state index in [1.165, 1.54) is 31.4 Å². The maximum atomic E-state index is 4.64. The summed E-state index contributed by atoms with van der Waals surface area (Å²) in [6, 6.07) is 0.492. The third-order valence-corrected chi connectivity index (χ3v) is 3.63. The smallest absolute Gasteiger partial charge is 0.191 e. The summed E-state index contributed by atoms with van der Waals surface area (Å²) in [5, 5.41) is 6.82. The van der Waals surface area contributed by atoms with Crippen molar-refractivity contribution in [3.63, 3.8) is 0 Å². The molecule has 0 aromatic heterocycles. The van der Waals surface area contributed by atoms with E-state index in [1.807, 2.05) is 11.8 Å². The highest BCUT2D eigenvalue weighted by atomic mass is 127. The quantitative estimate of drug-likeness (QED) is 0.244. The SMILES string of the molecule is CCNC(=NCCCCSC)NC(C)CCC(C)C.I. The third kappa shape index (κ3) is 14.8. The number of hydrogen-bond acceptors (Lipinski definition) is 2. The Morgan fingerprint density at radius 1 is 1.15 bits per heavy atom. The second kappa shape index (κ2) is 15.7. The van der Waals surface area contributed by atoms with E-state index in [2.05, 4.69) is 49.6 Å². The number of aliphatic imine (C=N–C) groups is 1. The molecule has 0 heterocycles. The molecule has 20 heavy (non-hydrogen) atoms. The molecule has 0 spiro atoms. The molecule has 122 valence electrons. The van der Waals surface area contributed by atoms with Gasteiger partial charge in [-0.1, -0.05) is 13.8 Å². The molecule has 5 heteroatoms. The zero-order valence-corrected chi connectivity index (χ0v) is 17.0. The van der Waals surface area contributed by atoms with Gasteiger partial charge in [0.1, 0.15) is 0 Å². The number of nitrogens with zero attached hydrogens (tertiary/aromatic N) is 1. The lowest BCUT2D eigenvalue weighted by atomic mass is 10.0. The van der Waals surface area contributed by atoms with Crippen LogP contribution in [0.1, 0.15) is 53.4 Å². The van der Waals surface area contributed by atoms with Crippen LogP contribution in [0.2, 0.25) is 0 Å². The van der Waals surface area contributed by atoms with E-state index >= 15 is 0 Å². The molecule has 0 radical (unpaired) electrons. The average molecular weight is 415 g/mol. The molecule has 0 aliphatic heterocycles. The van der Waals surface area contributed by atoms with Gasteiger partial charge >= 0.3 is 0 Å². The summed E-state index contributed by atoms with van der Waals surface area (Å²) in [6.45, 7) is 10.8. The van der Waals surface area contributed by atoms with Gasteiger partial charge in [-0.05, 0) is 57.5 Å². The van der Waals surface area contributed by atoms with Gasteiger partial charge in [-0.2, -0.15) is 11.8 Å². The molecule has 0 amide bonds. The maximum absolute atomic E-state index is 4.64. The van der Waals surface area contributed by atoms with E-state index in [9.17, 15) is 0 Å². The van der Waals surface area contributed by atoms with Crippen molar-refractivity contribution in [2.45, 2.75) is 59.4 Å². The Morgan fingerprint density at radius 3 is 2.40 bits per heavy atom. The molecule has 0 fully saturated rings. The van der Waals surface area contributed by atoms with Gasteiger partial charge in [-0.25, -0.2) is 0 Å². The van der Waals surface area contributed by atoms with Crippen molar-refractivity contribution in [3.05, 3.63) is 0 Å². The number of unbranched alkanes of at least 4 members (excludes halogenated alkanes) is 1. The monoisotopic (exact) mass is 415 g/mol. The zero-order valence-electron chi connectivity index (χ0n) is 13.9. The van der Waals surface area contributed by atoms with E-state index < -0.39 is 0 Å². The van der Waals surface area contributed by atoms with Crippen LogP contribution in [0.4, 0.5) is 0 Å². The summed E-state index contributed by atoms with van der Waals surface area (Å²) in [6.07, 6.45) is 7.06. The first kappa shape index (κ1) is 22.6. The van der Waals surface area contributed by atoms with Gasteiger partial charge in [0.05, 0.1) is 0 Å². The molecular formula is C15H34IN3S. The molecule has 0 saturated heterocycles. The molecule has 0 bridgehead atoms. The van der Waals surface area contributed by atoms with Crippen LogP contribution in [-0.2, 0) is 0 Å². The largest absolute Gasteiger partial charge is 0.357 e. The molecule has 0 aromatic rings. The second-order valence-corrected chi connectivity index (χ2v) is 6.46. The van der Waals surface area contributed by atoms with Gasteiger partial charge in [0.25, 0.3) is 0 Å². The number of nitrogens with one attached hydrogen (secondary N) is 2. The van der Waals surface area contributed by atoms with Crippen LogP contribution in [-0.4, -0.2) is 37.1 Å². The molecule has 0 aliphatic rings. The normalized spacial score (nSPS) is 13.0. The van der Waals surface area contributed by atoms with E-state index in [1.54, 1.807) is 0 Å². The highest BCUT2D eigenvalue weighted by Crippen LogP contribution is 2.06. The number of hydrogen-bond donors (Lipinski definition) is 2. The fourth-order valence-electron chi connectivity index (χ4n) is 1.76. The first-order valence-corrected chi connectivity index (χ1v) is 9.03. The Hall–Kier alpha value is 0.350. The lowest BCUT2D eigenvalue weighted by Gasteiger charge is -2.18. The van der Waals surface area contributed by atoms with Gasteiger partial charge < -0.3 is 10.6 Å². The van der Waals surface area contributed by atoms with Crippen molar-refractivity contribution in [2.75, 3.05) is 25.1 Å². The van der Waals surface area contributed by atoms with Crippen molar-refractivity contribution in [3.8, 4) is 0 Å². The molecule has 0 saturated carbocycles. The maximum Gasteiger partial charge on any atom is 0.191 e. The molecule has 0 aromatic carbocycles. The highest BCUT2D eigenvalue weighted by molar-refractivity contribution is 14.0. The van der Waals surface area contributed by atoms with Crippen LogP contribution >= 0.6 is 35.7 Å². The fraction of sp³-hybridized carbons (Fsp3) is 0.933. The van der Waals surface area contributed by atoms with Gasteiger partial charge in [0.15, 0.2) is 5.96 Å². The summed E-state index contributed by atoms with van der Waals surface area (Å²) in [4.78, 5) is 4.64. The predicted octanol–water partition coefficient (Wildman–Crippen LogP) is 4.13. The first-order valence-electron chi connectivity index (χ1n) is 7.63. The van der Waals surface area contributed by atoms with Gasteiger partial charge in [0, 0.05) is 19.1 Å². The number of guanidine groups is 1. The van der Waals surface area contributed by atoms with Crippen LogP contribution in [0.3, 0.4) is 0 Å². The minimum absolute atomic E-state index is 0. The summed E-state index contributed by atoms with van der Waals surface area (Å²) in [5.41, 5.74) is 0. The van der Waals surface area contributed by atoms with E-state index in [4.69, 9.17) is 0 Å². The molecule has 1 unspecified atom stereocenters. The Bertz CT molecular complexity index is 235. The summed E-state index contributed by atoms with van der Waals surface area (Å²) < 4.78 is 0. The lowest BCUT2D eigenvalue weighted by molar-refractivity contribution is 0.489. The van der Waals surface area contributed by atoms with Crippen molar-refractivity contribution in [2.24, 2.45) is 10.9 Å². The van der Waals surface area contributed by atoms with Crippen molar-refractivity contribution in [1.82, 2.24) is 10.6 Å². The molecule has 2 N–H and O–H groups in total. The fourth-order valence-corrected chi connectivity index (χ4v) is 2.25. The van der Waals surface area contributed by atoms with Crippen LogP contribution in [0.15, 0.2) is 4.99 Å². The van der Waals surface area contributed by atoms with Gasteiger partial charge in [-0.15, -0.1) is 24.0 Å². The van der Waals surface area contributed by atoms with Gasteiger partial charge in [0.2, 0.25) is 0 Å². The molecule has 1 atom stereocenters. The molecular weight excluding hydrogens is 381 g/mol. The van der Waals surface area contributed by atoms with E-state index in [0.29, 0.717) is 6.04 Å². The minimum atomic E-state index is 0. The van der Waals surface area contributed by atoms with E-state index in [-0.39, 0.29) is 24.0 Å². The van der Waals surface area contributed by atoms with E-state index in [0.717, 1.165) is 25.0 Å². The Morgan fingerprint density at radius 2 is 1.85 bits per heavy atom. The summed E-state index contributed by atoms with van der Waals surface area (Å²) >= 11 is 1.91. The number of halogens is 1. The van der Waals surface area contributed by atoms with Crippen LogP contribution in [0.25, 0.3) is 0 Å². The first-order chi connectivity index (χ1) is 9.10. The van der Waals surface area contributed by atoms with Crippen molar-refractivity contribution >= 4 is 41.7 Å². The Labute approximate surface area is 147 Å². The third-order valence-electron chi connectivity index (χ3n) is 2.93. The topological polar surface area (TPSA) is 36.4 Å². The zero-order chi connectivity index (χ0) is 14.5. The highest BCUT2D eigenvalue weighted by Gasteiger charge is 2.05. The van der Waals surface area contributed by atoms with Crippen molar-refractivity contribution < 1.29 is 0 Å². The Kier molecular flexibility index (Phi) is 17.8. The Balaban J connectivity index is 0. The van der Waals surface area contributed by atoms with Gasteiger partial charge in [-0.3, -0.25) is 4.99 Å². The van der Waals surface area contributed by atoms with Crippen molar-refractivity contribution in [1.29, 1.82) is 0 Å².